The van der Waals surface area contributed by atoms with Crippen molar-refractivity contribution in [3.63, 3.8) is 0 Å². The van der Waals surface area contributed by atoms with Crippen LogP contribution in [0, 0.1) is 11.6 Å². The van der Waals surface area contributed by atoms with E-state index in [1.807, 2.05) is 6.07 Å². The van der Waals surface area contributed by atoms with Crippen molar-refractivity contribution in [2.24, 2.45) is 0 Å². The van der Waals surface area contributed by atoms with E-state index in [1.165, 1.54) is 4.90 Å². The molecule has 0 radical (unpaired) electrons. The van der Waals surface area contributed by atoms with E-state index in [9.17, 15) is 18.0 Å². The van der Waals surface area contributed by atoms with Gasteiger partial charge < -0.3 is 9.64 Å². The van der Waals surface area contributed by atoms with E-state index >= 15 is 0 Å². The third-order valence-electron chi connectivity index (χ3n) is 3.63. The number of carbonyl (C=O) groups excluding carboxylic acids is 1. The van der Waals surface area contributed by atoms with Gasteiger partial charge in [0.1, 0.15) is 18.5 Å². The number of ether oxygens (including phenoxy) is 1. The lowest BCUT2D eigenvalue weighted by Crippen LogP contribution is -2.49. The van der Waals surface area contributed by atoms with E-state index < -0.39 is 23.9 Å². The molecule has 24 heavy (non-hydrogen) atoms. The molecule has 1 saturated heterocycles. The van der Waals surface area contributed by atoms with E-state index in [2.05, 4.69) is 5.32 Å². The molecule has 4 nitrogen and oxygen atoms in total. The Kier molecular flexibility index (Phi) is 4.59. The van der Waals surface area contributed by atoms with Crippen LogP contribution in [-0.2, 0) is 11.3 Å². The molecule has 0 aromatic heterocycles. The molecule has 1 fully saturated rings. The molecule has 1 amide bonds. The van der Waals surface area contributed by atoms with Crippen molar-refractivity contribution in [3.05, 3.63) is 59.7 Å². The Morgan fingerprint density at radius 1 is 1.17 bits per heavy atom. The second-order valence-corrected chi connectivity index (χ2v) is 5.48. The number of nitrogens with one attached hydrogen (secondary N) is 1. The molecule has 1 heterocycles. The summed E-state index contributed by atoms with van der Waals surface area (Å²) in [5, 5.41) is 2.27. The molecule has 0 saturated carbocycles. The highest BCUT2D eigenvalue weighted by molar-refractivity contribution is 5.85. The Labute approximate surface area is 136 Å². The standard InChI is InChI=1S/C17H15F3N2O2/c18-12-8-22(9-12)16-14(19)6-13(7-15(16)20)21-17(23)24-10-11-4-2-1-3-5-11/h1-7,12H,8-10H2,(H,21,23). The quantitative estimate of drug-likeness (QED) is 0.921. The molecule has 0 spiro atoms. The van der Waals surface area contributed by atoms with Gasteiger partial charge in [0.2, 0.25) is 0 Å². The number of nitrogens with zero attached hydrogens (tertiary/aromatic N) is 1. The Hall–Kier alpha value is -2.70. The molecule has 7 heteroatoms. The van der Waals surface area contributed by atoms with Crippen LogP contribution in [0.3, 0.4) is 0 Å². The summed E-state index contributed by atoms with van der Waals surface area (Å²) < 4.78 is 45.8. The van der Waals surface area contributed by atoms with E-state index in [1.54, 1.807) is 24.3 Å². The minimum absolute atomic E-state index is 0.0419. The van der Waals surface area contributed by atoms with Crippen molar-refractivity contribution >= 4 is 17.5 Å². The predicted molar refractivity (Wildman–Crippen MR) is 83.7 cm³/mol. The van der Waals surface area contributed by atoms with Crippen LogP contribution in [-0.4, -0.2) is 25.4 Å². The number of alkyl halides is 1. The van der Waals surface area contributed by atoms with E-state index in [-0.39, 0.29) is 31.1 Å². The molecule has 0 bridgehead atoms. The summed E-state index contributed by atoms with van der Waals surface area (Å²) in [5.74, 6) is -1.72. The van der Waals surface area contributed by atoms with Gasteiger partial charge >= 0.3 is 6.09 Å². The van der Waals surface area contributed by atoms with Crippen LogP contribution in [0.1, 0.15) is 5.56 Å². The largest absolute Gasteiger partial charge is 0.444 e. The van der Waals surface area contributed by atoms with Crippen molar-refractivity contribution in [2.75, 3.05) is 23.3 Å². The average molecular weight is 336 g/mol. The van der Waals surface area contributed by atoms with Gasteiger partial charge in [0.05, 0.1) is 13.1 Å². The highest BCUT2D eigenvalue weighted by Crippen LogP contribution is 2.31. The molecule has 1 N–H and O–H groups in total. The molecule has 1 aliphatic rings. The van der Waals surface area contributed by atoms with Gasteiger partial charge in [-0.3, -0.25) is 5.32 Å². The first-order valence-electron chi connectivity index (χ1n) is 7.38. The van der Waals surface area contributed by atoms with Crippen LogP contribution >= 0.6 is 0 Å². The fourth-order valence-electron chi connectivity index (χ4n) is 2.42. The minimum atomic E-state index is -1.07. The Morgan fingerprint density at radius 2 is 1.79 bits per heavy atom. The molecule has 0 atom stereocenters. The molecule has 0 aliphatic carbocycles. The smallest absolute Gasteiger partial charge is 0.411 e. The van der Waals surface area contributed by atoms with Crippen LogP contribution in [0.15, 0.2) is 42.5 Å². The van der Waals surface area contributed by atoms with Crippen molar-refractivity contribution in [2.45, 2.75) is 12.8 Å². The normalized spacial score (nSPS) is 14.2. The maximum absolute atomic E-state index is 14.0. The average Bonchev–Trinajstić information content (AvgIpc) is 2.51. The number of amides is 1. The van der Waals surface area contributed by atoms with E-state index in [4.69, 9.17) is 4.74 Å². The van der Waals surface area contributed by atoms with Crippen molar-refractivity contribution < 1.29 is 22.7 Å². The summed E-state index contributed by atoms with van der Waals surface area (Å²) in [5.41, 5.74) is 0.440. The van der Waals surface area contributed by atoms with Gasteiger partial charge in [0, 0.05) is 5.69 Å². The zero-order valence-electron chi connectivity index (χ0n) is 12.6. The molecular formula is C17H15F3N2O2. The first-order chi connectivity index (χ1) is 11.5. The Balaban J connectivity index is 1.61. The van der Waals surface area contributed by atoms with Crippen molar-refractivity contribution in [1.29, 1.82) is 0 Å². The second kappa shape index (κ2) is 6.82. The van der Waals surface area contributed by atoms with Crippen LogP contribution in [0.25, 0.3) is 0 Å². The van der Waals surface area contributed by atoms with Crippen molar-refractivity contribution in [3.8, 4) is 0 Å². The lowest BCUT2D eigenvalue weighted by Gasteiger charge is -2.36. The maximum atomic E-state index is 14.0. The summed E-state index contributed by atoms with van der Waals surface area (Å²) in [7, 11) is 0. The lowest BCUT2D eigenvalue weighted by molar-refractivity contribution is 0.155. The van der Waals surface area contributed by atoms with Crippen LogP contribution in [0.4, 0.5) is 29.3 Å². The third-order valence-corrected chi connectivity index (χ3v) is 3.63. The van der Waals surface area contributed by atoms with E-state index in [0.717, 1.165) is 17.7 Å². The maximum Gasteiger partial charge on any atom is 0.411 e. The molecule has 0 unspecified atom stereocenters. The highest BCUT2D eigenvalue weighted by Gasteiger charge is 2.30. The summed E-state index contributed by atoms with van der Waals surface area (Å²) in [6.07, 6.45) is -1.90. The van der Waals surface area contributed by atoms with Gasteiger partial charge in [-0.1, -0.05) is 30.3 Å². The van der Waals surface area contributed by atoms with E-state index in [0.29, 0.717) is 0 Å². The molecule has 2 aromatic rings. The van der Waals surface area contributed by atoms with Gasteiger partial charge in [-0.2, -0.15) is 0 Å². The summed E-state index contributed by atoms with van der Waals surface area (Å²) in [6.45, 7) is -0.0408. The van der Waals surface area contributed by atoms with Crippen LogP contribution in [0.2, 0.25) is 0 Å². The minimum Gasteiger partial charge on any atom is -0.444 e. The zero-order chi connectivity index (χ0) is 17.1. The van der Waals surface area contributed by atoms with Gasteiger partial charge in [-0.25, -0.2) is 18.0 Å². The number of halogens is 3. The first-order valence-corrected chi connectivity index (χ1v) is 7.38. The number of rotatable bonds is 4. The fraction of sp³-hybridized carbons (Fsp3) is 0.235. The number of anilines is 2. The fourth-order valence-corrected chi connectivity index (χ4v) is 2.42. The second-order valence-electron chi connectivity index (χ2n) is 5.48. The van der Waals surface area contributed by atoms with Crippen LogP contribution in [0.5, 0.6) is 0 Å². The van der Waals surface area contributed by atoms with Gasteiger partial charge in [-0.15, -0.1) is 0 Å². The molecule has 1 aliphatic heterocycles. The number of carbonyl (C=O) groups is 1. The van der Waals surface area contributed by atoms with Crippen molar-refractivity contribution in [1.82, 2.24) is 0 Å². The molecule has 2 aromatic carbocycles. The third kappa shape index (κ3) is 3.61. The zero-order valence-corrected chi connectivity index (χ0v) is 12.6. The van der Waals surface area contributed by atoms with Gasteiger partial charge in [0.15, 0.2) is 11.6 Å². The van der Waals surface area contributed by atoms with Gasteiger partial charge in [0.25, 0.3) is 0 Å². The summed E-state index contributed by atoms with van der Waals surface area (Å²) >= 11 is 0. The predicted octanol–water partition coefficient (Wildman–Crippen LogP) is 3.87. The summed E-state index contributed by atoms with van der Waals surface area (Å²) in [4.78, 5) is 13.0. The highest BCUT2D eigenvalue weighted by atomic mass is 19.1. The first kappa shape index (κ1) is 16.2. The Morgan fingerprint density at radius 3 is 2.38 bits per heavy atom. The topological polar surface area (TPSA) is 41.6 Å². The molecule has 126 valence electrons. The number of hydrogen-bond donors (Lipinski definition) is 1. The lowest BCUT2D eigenvalue weighted by atomic mass is 10.1. The SMILES string of the molecule is O=C(Nc1cc(F)c(N2CC(F)C2)c(F)c1)OCc1ccccc1. The summed E-state index contributed by atoms with van der Waals surface area (Å²) in [6, 6.07) is 11.0. The van der Waals surface area contributed by atoms with Crippen LogP contribution < -0.4 is 10.2 Å². The number of hydrogen-bond acceptors (Lipinski definition) is 3. The molecular weight excluding hydrogens is 321 g/mol. The van der Waals surface area contributed by atoms with Gasteiger partial charge in [-0.05, 0) is 17.7 Å². The molecule has 3 rings (SSSR count). The number of benzene rings is 2. The Bertz CT molecular complexity index is 711. The monoisotopic (exact) mass is 336 g/mol.